The van der Waals surface area contributed by atoms with Crippen molar-refractivity contribution >= 4 is 18.2 Å². The number of isocyanates is 3. The Morgan fingerprint density at radius 2 is 1.47 bits per heavy atom. The second-order valence-corrected chi connectivity index (χ2v) is 4.65. The van der Waals surface area contributed by atoms with Gasteiger partial charge in [0.15, 0.2) is 0 Å². The second-order valence-electron chi connectivity index (χ2n) is 4.65. The van der Waals surface area contributed by atoms with Crippen LogP contribution in [0.5, 0.6) is 0 Å². The van der Waals surface area contributed by atoms with Crippen molar-refractivity contribution in [2.75, 3.05) is 7.05 Å². The van der Waals surface area contributed by atoms with Gasteiger partial charge in [-0.2, -0.15) is 0 Å². The average molecular weight is 269 g/mol. The number of hydrogen-bond donors (Lipinski definition) is 2. The first-order chi connectivity index (χ1) is 8.87. The lowest BCUT2D eigenvalue weighted by atomic mass is 9.70. The molecule has 0 aromatic carbocycles. The van der Waals surface area contributed by atoms with Crippen molar-refractivity contribution in [2.24, 2.45) is 16.3 Å². The topological polar surface area (TPSA) is 111 Å². The minimum atomic E-state index is 0.637. The molecule has 1 aliphatic carbocycles. The lowest BCUT2D eigenvalue weighted by Crippen LogP contribution is -2.24. The molecule has 1 fully saturated rings. The van der Waals surface area contributed by atoms with E-state index in [9.17, 15) is 0 Å². The molecular weight excluding hydrogens is 246 g/mol. The Morgan fingerprint density at radius 1 is 1.11 bits per heavy atom. The molecule has 19 heavy (non-hydrogen) atoms. The fourth-order valence-corrected chi connectivity index (χ4v) is 1.67. The van der Waals surface area contributed by atoms with Gasteiger partial charge in [-0.1, -0.05) is 40.0 Å². The van der Waals surface area contributed by atoms with Gasteiger partial charge in [-0.05, 0) is 17.8 Å². The van der Waals surface area contributed by atoms with E-state index in [1.807, 2.05) is 0 Å². The number of nitrogens with zero attached hydrogens (tertiary/aromatic N) is 1. The third-order valence-electron chi connectivity index (χ3n) is 3.13. The molecule has 0 aromatic heterocycles. The quantitative estimate of drug-likeness (QED) is 0.520. The summed E-state index contributed by atoms with van der Waals surface area (Å²) >= 11 is 0. The number of hydrogen-bond acceptors (Lipinski definition) is 6. The second kappa shape index (κ2) is 16.1. The summed E-state index contributed by atoms with van der Waals surface area (Å²) in [6, 6.07) is 0. The molecule has 1 rings (SSSR count). The predicted molar refractivity (Wildman–Crippen MR) is 72.3 cm³/mol. The molecule has 1 saturated carbocycles. The number of carbonyl (C=O) groups excluding carboxylic acids is 3. The normalized spacial score (nSPS) is 18.0. The molecule has 2 N–H and O–H groups in total. The zero-order valence-electron chi connectivity index (χ0n) is 12.1. The maximum Gasteiger partial charge on any atom is 0.234 e. The zero-order chi connectivity index (χ0) is 15.7. The first-order valence-corrected chi connectivity index (χ1v) is 5.91. The predicted octanol–water partition coefficient (Wildman–Crippen LogP) is 2.98. The van der Waals surface area contributed by atoms with E-state index < -0.39 is 0 Å². The third-order valence-corrected chi connectivity index (χ3v) is 3.13. The molecule has 6 nitrogen and oxygen atoms in total. The van der Waals surface area contributed by atoms with E-state index in [0.29, 0.717) is 5.41 Å². The van der Waals surface area contributed by atoms with Gasteiger partial charge in [0.25, 0.3) is 0 Å². The highest BCUT2D eigenvalue weighted by Gasteiger charge is 2.27. The average Bonchev–Trinajstić information content (AvgIpc) is 2.35. The van der Waals surface area contributed by atoms with E-state index in [1.165, 1.54) is 38.8 Å². The first kappa shape index (κ1) is 22.3. The molecule has 1 aliphatic rings. The zero-order valence-corrected chi connectivity index (χ0v) is 12.1. The van der Waals surface area contributed by atoms with E-state index in [2.05, 4.69) is 25.8 Å². The molecule has 0 saturated heterocycles. The summed E-state index contributed by atoms with van der Waals surface area (Å²) in [6.07, 6.45) is 8.61. The molecule has 108 valence electrons. The lowest BCUT2D eigenvalue weighted by Gasteiger charge is -2.36. The Balaban J connectivity index is -0.000000216. The van der Waals surface area contributed by atoms with Crippen molar-refractivity contribution in [1.82, 2.24) is 0 Å². The van der Waals surface area contributed by atoms with Gasteiger partial charge in [0, 0.05) is 7.05 Å². The van der Waals surface area contributed by atoms with Crippen LogP contribution in [0.1, 0.15) is 46.5 Å². The Labute approximate surface area is 114 Å². The molecule has 1 unspecified atom stereocenters. The van der Waals surface area contributed by atoms with Crippen LogP contribution in [0.4, 0.5) is 0 Å². The van der Waals surface area contributed by atoms with E-state index in [4.69, 9.17) is 25.2 Å². The Morgan fingerprint density at radius 3 is 1.63 bits per heavy atom. The van der Waals surface area contributed by atoms with Gasteiger partial charge in [0.2, 0.25) is 18.2 Å². The Bertz CT molecular complexity index is 310. The van der Waals surface area contributed by atoms with E-state index in [-0.39, 0.29) is 0 Å². The van der Waals surface area contributed by atoms with Crippen molar-refractivity contribution in [3.8, 4) is 0 Å². The van der Waals surface area contributed by atoms with Gasteiger partial charge in [0.05, 0.1) is 0 Å². The molecule has 0 amide bonds. The molecule has 0 aliphatic heterocycles. The van der Waals surface area contributed by atoms with Crippen LogP contribution in [0, 0.1) is 22.2 Å². The van der Waals surface area contributed by atoms with Crippen molar-refractivity contribution < 1.29 is 14.4 Å². The van der Waals surface area contributed by atoms with E-state index >= 15 is 0 Å². The summed E-state index contributed by atoms with van der Waals surface area (Å²) in [4.78, 5) is 28.5. The summed E-state index contributed by atoms with van der Waals surface area (Å²) in [5.41, 5.74) is 0.637. The van der Waals surface area contributed by atoms with Gasteiger partial charge in [-0.3, -0.25) is 0 Å². The summed E-state index contributed by atoms with van der Waals surface area (Å²) < 4.78 is 0. The van der Waals surface area contributed by atoms with Gasteiger partial charge in [-0.15, -0.1) is 0 Å². The third kappa shape index (κ3) is 18.7. The lowest BCUT2D eigenvalue weighted by molar-refractivity contribution is 0.154. The van der Waals surface area contributed by atoms with Crippen LogP contribution < -0.4 is 0 Å². The molecule has 6 heteroatoms. The molecular formula is C13H23N3O3. The van der Waals surface area contributed by atoms with Gasteiger partial charge in [0.1, 0.15) is 0 Å². The van der Waals surface area contributed by atoms with Crippen LogP contribution in [0.25, 0.3) is 0 Å². The molecule has 0 bridgehead atoms. The monoisotopic (exact) mass is 269 g/mol. The summed E-state index contributed by atoms with van der Waals surface area (Å²) in [5, 5.41) is 10.8. The van der Waals surface area contributed by atoms with Gasteiger partial charge >= 0.3 is 0 Å². The molecule has 0 radical (unpaired) electrons. The first-order valence-electron chi connectivity index (χ1n) is 5.91. The van der Waals surface area contributed by atoms with Crippen molar-refractivity contribution in [3.05, 3.63) is 0 Å². The highest BCUT2D eigenvalue weighted by Crippen LogP contribution is 2.39. The van der Waals surface area contributed by atoms with Crippen LogP contribution in [0.2, 0.25) is 0 Å². The molecule has 0 spiro atoms. The number of aliphatic imine (C=N–C) groups is 1. The maximum atomic E-state index is 8.88. The summed E-state index contributed by atoms with van der Waals surface area (Å²) in [7, 11) is 1.38. The highest BCUT2D eigenvalue weighted by atomic mass is 16.1. The Hall–Kier alpha value is -1.86. The van der Waals surface area contributed by atoms with Crippen LogP contribution in [0.3, 0.4) is 0 Å². The largest absolute Gasteiger partial charge is 0.234 e. The minimum absolute atomic E-state index is 0.637. The van der Waals surface area contributed by atoms with Crippen LogP contribution in [0.15, 0.2) is 4.99 Å². The number of nitrogens with one attached hydrogen (secondary N) is 2. The fraction of sp³-hybridized carbons (Fsp3) is 0.769. The Kier molecular flexibility index (Phi) is 19.0. The van der Waals surface area contributed by atoms with E-state index in [0.717, 1.165) is 18.1 Å². The van der Waals surface area contributed by atoms with Crippen LogP contribution in [-0.4, -0.2) is 25.3 Å². The van der Waals surface area contributed by atoms with E-state index in [1.54, 1.807) is 0 Å². The van der Waals surface area contributed by atoms with Crippen molar-refractivity contribution in [2.45, 2.75) is 46.5 Å². The van der Waals surface area contributed by atoms with Crippen LogP contribution >= 0.6 is 0 Å². The smallest absolute Gasteiger partial charge is 0.222 e. The molecule has 0 aromatic rings. The number of rotatable bonds is 0. The van der Waals surface area contributed by atoms with Gasteiger partial charge in [-0.25, -0.2) is 30.2 Å². The van der Waals surface area contributed by atoms with Crippen molar-refractivity contribution in [1.29, 1.82) is 10.8 Å². The standard InChI is InChI=1S/C9H18.C2H3NO.2CHNO/c1-8-6-4-5-7-9(8,2)3;1-3-2-4;2*2-1-3/h8H,4-7H2,1-3H3;1H3;2*2H. The highest BCUT2D eigenvalue weighted by molar-refractivity contribution is 5.32. The summed E-state index contributed by atoms with van der Waals surface area (Å²) in [5.74, 6) is 0.950. The minimum Gasteiger partial charge on any atom is -0.222 e. The van der Waals surface area contributed by atoms with Crippen LogP contribution in [-0.2, 0) is 14.4 Å². The summed E-state index contributed by atoms with van der Waals surface area (Å²) in [6.45, 7) is 7.19. The maximum absolute atomic E-state index is 8.88. The fourth-order valence-electron chi connectivity index (χ4n) is 1.67. The molecule has 1 atom stereocenters. The van der Waals surface area contributed by atoms with Crippen molar-refractivity contribution in [3.63, 3.8) is 0 Å². The molecule has 0 heterocycles. The van der Waals surface area contributed by atoms with Gasteiger partial charge < -0.3 is 0 Å². The SMILES string of the molecule is CC1CCCCC1(C)C.CN=C=O.N=C=O.N=C=O.